The molecule has 0 fully saturated rings. The number of hydrogen-bond donors (Lipinski definition) is 0. The molecule has 26 heavy (non-hydrogen) atoms. The summed E-state index contributed by atoms with van der Waals surface area (Å²) < 4.78 is 28.2. The minimum Gasteiger partial charge on any atom is -0.298 e. The standard InChI is InChI=1S/C18H15N3O4S/c1-2-11-21(26(24,25)14-8-4-3-5-9-14)17-15(13-22)18(23)20-12-7-6-10-16(20)19-17/h2-10,12-13H,1,11H2. The van der Waals surface area contributed by atoms with Crippen LogP contribution in [0, 0.1) is 0 Å². The Morgan fingerprint density at radius 3 is 2.46 bits per heavy atom. The van der Waals surface area contributed by atoms with E-state index in [1.807, 2.05) is 0 Å². The van der Waals surface area contributed by atoms with Gasteiger partial charge in [-0.05, 0) is 24.3 Å². The zero-order valence-electron chi connectivity index (χ0n) is 13.6. The molecule has 3 rings (SSSR count). The van der Waals surface area contributed by atoms with E-state index in [4.69, 9.17) is 0 Å². The summed E-state index contributed by atoms with van der Waals surface area (Å²) in [5, 5.41) is 0. The Morgan fingerprint density at radius 1 is 1.12 bits per heavy atom. The fraction of sp³-hybridized carbons (Fsp3) is 0.0556. The number of nitrogens with zero attached hydrogens (tertiary/aromatic N) is 3. The summed E-state index contributed by atoms with van der Waals surface area (Å²) in [6.07, 6.45) is 3.15. The van der Waals surface area contributed by atoms with Crippen LogP contribution in [0.1, 0.15) is 10.4 Å². The highest BCUT2D eigenvalue weighted by Gasteiger charge is 2.28. The van der Waals surface area contributed by atoms with Crippen LogP contribution in [0.5, 0.6) is 0 Å². The lowest BCUT2D eigenvalue weighted by molar-refractivity contribution is 0.112. The number of anilines is 1. The maximum Gasteiger partial charge on any atom is 0.270 e. The van der Waals surface area contributed by atoms with Crippen LogP contribution >= 0.6 is 0 Å². The van der Waals surface area contributed by atoms with Crippen molar-refractivity contribution in [2.24, 2.45) is 0 Å². The molecule has 0 radical (unpaired) electrons. The molecule has 0 N–H and O–H groups in total. The molecule has 0 amide bonds. The smallest absolute Gasteiger partial charge is 0.270 e. The molecule has 0 saturated heterocycles. The Hall–Kier alpha value is -3.26. The highest BCUT2D eigenvalue weighted by Crippen LogP contribution is 2.23. The first kappa shape index (κ1) is 17.6. The lowest BCUT2D eigenvalue weighted by Crippen LogP contribution is -2.35. The number of fused-ring (bicyclic) bond motifs is 1. The third-order valence-corrected chi connectivity index (χ3v) is 5.50. The number of hydrogen-bond acceptors (Lipinski definition) is 5. The van der Waals surface area contributed by atoms with Crippen molar-refractivity contribution in [1.29, 1.82) is 0 Å². The van der Waals surface area contributed by atoms with Gasteiger partial charge in [-0.15, -0.1) is 6.58 Å². The van der Waals surface area contributed by atoms with Gasteiger partial charge in [-0.1, -0.05) is 30.3 Å². The number of aldehydes is 1. The molecule has 0 spiro atoms. The van der Waals surface area contributed by atoms with Gasteiger partial charge in [0.25, 0.3) is 15.6 Å². The van der Waals surface area contributed by atoms with Gasteiger partial charge in [-0.2, -0.15) is 0 Å². The highest BCUT2D eigenvalue weighted by molar-refractivity contribution is 7.92. The van der Waals surface area contributed by atoms with Crippen LogP contribution in [0.25, 0.3) is 5.65 Å². The molecule has 0 bridgehead atoms. The first-order valence-corrected chi connectivity index (χ1v) is 9.10. The zero-order valence-corrected chi connectivity index (χ0v) is 14.5. The normalized spacial score (nSPS) is 11.2. The Morgan fingerprint density at radius 2 is 1.81 bits per heavy atom. The van der Waals surface area contributed by atoms with Crippen molar-refractivity contribution < 1.29 is 13.2 Å². The van der Waals surface area contributed by atoms with Gasteiger partial charge in [0.05, 0.1) is 11.4 Å². The van der Waals surface area contributed by atoms with Crippen molar-refractivity contribution in [1.82, 2.24) is 9.38 Å². The summed E-state index contributed by atoms with van der Waals surface area (Å²) in [4.78, 5) is 28.4. The summed E-state index contributed by atoms with van der Waals surface area (Å²) >= 11 is 0. The molecule has 3 aromatic rings. The van der Waals surface area contributed by atoms with Crippen molar-refractivity contribution in [3.05, 3.63) is 83.3 Å². The quantitative estimate of drug-likeness (QED) is 0.489. The number of sulfonamides is 1. The van der Waals surface area contributed by atoms with Crippen LogP contribution in [-0.2, 0) is 10.0 Å². The molecule has 2 heterocycles. The largest absolute Gasteiger partial charge is 0.298 e. The molecule has 1 aromatic carbocycles. The Balaban J connectivity index is 2.32. The average Bonchev–Trinajstić information content (AvgIpc) is 2.66. The van der Waals surface area contributed by atoms with Gasteiger partial charge in [0.1, 0.15) is 11.2 Å². The first-order chi connectivity index (χ1) is 12.5. The predicted octanol–water partition coefficient (Wildman–Crippen LogP) is 1.89. The fourth-order valence-corrected chi connectivity index (χ4v) is 3.94. The number of pyridine rings is 1. The Kier molecular flexibility index (Phi) is 4.68. The van der Waals surface area contributed by atoms with Gasteiger partial charge in [-0.3, -0.25) is 14.0 Å². The summed E-state index contributed by atoms with van der Waals surface area (Å²) in [5.74, 6) is -0.222. The van der Waals surface area contributed by atoms with Crippen LogP contribution in [0.15, 0.2) is 77.1 Å². The molecule has 0 unspecified atom stereocenters. The van der Waals surface area contributed by atoms with E-state index >= 15 is 0 Å². The van der Waals surface area contributed by atoms with E-state index < -0.39 is 15.6 Å². The average molecular weight is 369 g/mol. The van der Waals surface area contributed by atoms with Crippen molar-refractivity contribution in [3.63, 3.8) is 0 Å². The van der Waals surface area contributed by atoms with Gasteiger partial charge in [-0.25, -0.2) is 17.7 Å². The lowest BCUT2D eigenvalue weighted by atomic mass is 10.3. The Bertz CT molecular complexity index is 1140. The minimum atomic E-state index is -4.04. The van der Waals surface area contributed by atoms with Crippen LogP contribution in [0.2, 0.25) is 0 Å². The van der Waals surface area contributed by atoms with Crippen LogP contribution in [0.3, 0.4) is 0 Å². The third kappa shape index (κ3) is 2.91. The maximum atomic E-state index is 13.1. The number of aromatic nitrogens is 2. The number of carbonyl (C=O) groups excluding carboxylic acids is 1. The van der Waals surface area contributed by atoms with E-state index in [-0.39, 0.29) is 28.5 Å². The Labute approximate surface area is 149 Å². The first-order valence-electron chi connectivity index (χ1n) is 7.66. The van der Waals surface area contributed by atoms with E-state index in [0.717, 1.165) is 4.31 Å². The molecule has 0 aliphatic carbocycles. The van der Waals surface area contributed by atoms with Crippen molar-refractivity contribution in [2.45, 2.75) is 4.90 Å². The van der Waals surface area contributed by atoms with Gasteiger partial charge in [0.2, 0.25) is 0 Å². The third-order valence-electron chi connectivity index (χ3n) is 3.73. The van der Waals surface area contributed by atoms with Gasteiger partial charge in [0.15, 0.2) is 12.1 Å². The topological polar surface area (TPSA) is 88.8 Å². The number of benzene rings is 1. The summed E-state index contributed by atoms with van der Waals surface area (Å²) in [6.45, 7) is 3.42. The van der Waals surface area contributed by atoms with Gasteiger partial charge < -0.3 is 0 Å². The summed E-state index contributed by atoms with van der Waals surface area (Å²) in [5.41, 5.74) is -0.747. The van der Waals surface area contributed by atoms with Gasteiger partial charge >= 0.3 is 0 Å². The van der Waals surface area contributed by atoms with E-state index in [1.54, 1.807) is 36.4 Å². The van der Waals surface area contributed by atoms with Crippen molar-refractivity contribution in [3.8, 4) is 0 Å². The summed E-state index contributed by atoms with van der Waals surface area (Å²) in [7, 11) is -4.04. The SMILES string of the molecule is C=CCN(c1nc2ccccn2c(=O)c1C=O)S(=O)(=O)c1ccccc1. The number of carbonyl (C=O) groups is 1. The second kappa shape index (κ2) is 6.93. The van der Waals surface area contributed by atoms with E-state index in [0.29, 0.717) is 6.29 Å². The van der Waals surface area contributed by atoms with Gasteiger partial charge in [0, 0.05) is 6.20 Å². The van der Waals surface area contributed by atoms with Crippen LogP contribution < -0.4 is 9.86 Å². The molecule has 0 atom stereocenters. The zero-order chi connectivity index (χ0) is 18.7. The molecule has 132 valence electrons. The molecule has 0 aliphatic heterocycles. The van der Waals surface area contributed by atoms with E-state index in [1.165, 1.54) is 28.8 Å². The predicted molar refractivity (Wildman–Crippen MR) is 98.0 cm³/mol. The molecule has 0 saturated carbocycles. The molecule has 2 aromatic heterocycles. The van der Waals surface area contributed by atoms with E-state index in [2.05, 4.69) is 11.6 Å². The second-order valence-electron chi connectivity index (χ2n) is 5.34. The lowest BCUT2D eigenvalue weighted by Gasteiger charge is -2.23. The fourth-order valence-electron chi connectivity index (χ4n) is 2.52. The minimum absolute atomic E-state index is 0.0220. The number of rotatable bonds is 6. The van der Waals surface area contributed by atoms with Crippen molar-refractivity contribution in [2.75, 3.05) is 10.8 Å². The summed E-state index contributed by atoms with van der Waals surface area (Å²) in [6, 6.07) is 12.6. The molecule has 8 heteroatoms. The van der Waals surface area contributed by atoms with E-state index in [9.17, 15) is 18.0 Å². The molecule has 0 aliphatic rings. The highest BCUT2D eigenvalue weighted by atomic mass is 32.2. The molecular formula is C18H15N3O4S. The monoisotopic (exact) mass is 369 g/mol. The van der Waals surface area contributed by atoms with Crippen molar-refractivity contribution >= 4 is 27.8 Å². The van der Waals surface area contributed by atoms with Crippen LogP contribution in [0.4, 0.5) is 5.82 Å². The maximum absolute atomic E-state index is 13.1. The molecule has 7 nitrogen and oxygen atoms in total. The molecular weight excluding hydrogens is 354 g/mol. The second-order valence-corrected chi connectivity index (χ2v) is 7.20. The van der Waals surface area contributed by atoms with Crippen LogP contribution in [-0.4, -0.2) is 30.6 Å².